The Morgan fingerprint density at radius 2 is 1.19 bits per heavy atom. The summed E-state index contributed by atoms with van der Waals surface area (Å²) in [6, 6.07) is 0. The molecule has 6 heteroatoms. The third-order valence-corrected chi connectivity index (χ3v) is 5.17. The molecule has 0 spiro atoms. The summed E-state index contributed by atoms with van der Waals surface area (Å²) in [4.78, 5) is 23.4. The fourth-order valence-corrected chi connectivity index (χ4v) is 2.77. The zero-order chi connectivity index (χ0) is 16.1. The minimum Gasteiger partial charge on any atom is -0.465 e. The molecule has 0 bridgehead atoms. The lowest BCUT2D eigenvalue weighted by molar-refractivity contribution is -0.143. The van der Waals surface area contributed by atoms with E-state index in [1.807, 2.05) is 0 Å². The third-order valence-electron chi connectivity index (χ3n) is 2.91. The molecule has 0 radical (unpaired) electrons. The number of carbonyl (C=O) groups excluding carboxylic acids is 2. The number of alkyl halides is 2. The maximum Gasteiger partial charge on any atom is 0.318 e. The van der Waals surface area contributed by atoms with Gasteiger partial charge in [-0.05, 0) is 25.7 Å². The largest absolute Gasteiger partial charge is 0.465 e. The van der Waals surface area contributed by atoms with Crippen LogP contribution in [0.25, 0.3) is 0 Å². The zero-order valence-corrected chi connectivity index (χ0v) is 17.2. The van der Waals surface area contributed by atoms with E-state index in [2.05, 4.69) is 59.0 Å². The van der Waals surface area contributed by atoms with Gasteiger partial charge in [0.2, 0.25) is 0 Å². The Morgan fingerprint density at radius 1 is 0.810 bits per heavy atom. The molecule has 124 valence electrons. The van der Waals surface area contributed by atoms with Crippen LogP contribution in [-0.2, 0) is 19.1 Å². The van der Waals surface area contributed by atoms with Gasteiger partial charge in [-0.3, -0.25) is 9.59 Å². The molecule has 0 aliphatic heterocycles. The molecule has 0 saturated heterocycles. The number of unbranched alkanes of at least 4 members (excludes halogenated alkanes) is 2. The van der Waals surface area contributed by atoms with Gasteiger partial charge in [0, 0.05) is 0 Å². The topological polar surface area (TPSA) is 52.6 Å². The van der Waals surface area contributed by atoms with Crippen LogP contribution in [-0.4, -0.2) is 33.0 Å². The molecule has 0 saturated carbocycles. The minimum atomic E-state index is -0.139. The fraction of sp³-hybridized carbons (Fsp3) is 0.867. The first-order valence-electron chi connectivity index (χ1n) is 7.64. The molecule has 4 nitrogen and oxygen atoms in total. The molecular formula is C15H26I2O4. The van der Waals surface area contributed by atoms with Crippen molar-refractivity contribution in [3.63, 3.8) is 0 Å². The number of hydrogen-bond donors (Lipinski definition) is 0. The van der Waals surface area contributed by atoms with Gasteiger partial charge in [-0.25, -0.2) is 0 Å². The van der Waals surface area contributed by atoms with Crippen molar-refractivity contribution in [2.75, 3.05) is 13.2 Å². The SMILES string of the molecule is CCCCOC(=O)C(I)CCCC(I)C(=O)OCCCC. The highest BCUT2D eigenvalue weighted by Gasteiger charge is 2.19. The van der Waals surface area contributed by atoms with Gasteiger partial charge < -0.3 is 9.47 Å². The van der Waals surface area contributed by atoms with Crippen LogP contribution < -0.4 is 0 Å². The molecule has 21 heavy (non-hydrogen) atoms. The maximum absolute atomic E-state index is 11.7. The number of carbonyl (C=O) groups is 2. The first-order valence-corrected chi connectivity index (χ1v) is 10.1. The van der Waals surface area contributed by atoms with E-state index in [9.17, 15) is 9.59 Å². The lowest BCUT2D eigenvalue weighted by atomic mass is 10.1. The van der Waals surface area contributed by atoms with Crippen molar-refractivity contribution in [1.29, 1.82) is 0 Å². The average molecular weight is 524 g/mol. The second-order valence-corrected chi connectivity index (χ2v) is 7.92. The van der Waals surface area contributed by atoms with Crippen molar-refractivity contribution in [2.45, 2.75) is 66.6 Å². The zero-order valence-electron chi connectivity index (χ0n) is 12.9. The molecule has 2 atom stereocenters. The second-order valence-electron chi connectivity index (χ2n) is 4.91. The summed E-state index contributed by atoms with van der Waals surface area (Å²) in [5, 5.41) is 0. The lowest BCUT2D eigenvalue weighted by Crippen LogP contribution is -2.20. The monoisotopic (exact) mass is 524 g/mol. The molecule has 0 aromatic carbocycles. The van der Waals surface area contributed by atoms with E-state index in [-0.39, 0.29) is 19.8 Å². The number of hydrogen-bond acceptors (Lipinski definition) is 4. The standard InChI is InChI=1S/C15H26I2O4/c1-3-5-10-20-14(18)12(16)8-7-9-13(17)15(19)21-11-6-4-2/h12-13H,3-11H2,1-2H3. The van der Waals surface area contributed by atoms with Gasteiger partial charge in [-0.1, -0.05) is 78.3 Å². The molecular weight excluding hydrogens is 498 g/mol. The van der Waals surface area contributed by atoms with Crippen molar-refractivity contribution in [1.82, 2.24) is 0 Å². The van der Waals surface area contributed by atoms with Crippen molar-refractivity contribution in [2.24, 2.45) is 0 Å². The Morgan fingerprint density at radius 3 is 1.52 bits per heavy atom. The highest BCUT2D eigenvalue weighted by molar-refractivity contribution is 14.1. The Labute approximate surface area is 155 Å². The molecule has 0 fully saturated rings. The summed E-state index contributed by atoms with van der Waals surface area (Å²) in [5.41, 5.74) is 0. The lowest BCUT2D eigenvalue weighted by Gasteiger charge is -2.12. The molecule has 0 aliphatic carbocycles. The van der Waals surface area contributed by atoms with Crippen LogP contribution in [0.1, 0.15) is 58.8 Å². The van der Waals surface area contributed by atoms with E-state index in [0.717, 1.165) is 44.9 Å². The first kappa shape index (κ1) is 21.4. The van der Waals surface area contributed by atoms with Crippen LogP contribution in [0.15, 0.2) is 0 Å². The Hall–Kier alpha value is 0.400. The van der Waals surface area contributed by atoms with Gasteiger partial charge in [0.1, 0.15) is 7.85 Å². The molecule has 0 aromatic heterocycles. The number of halogens is 2. The van der Waals surface area contributed by atoms with E-state index in [4.69, 9.17) is 9.47 Å². The number of rotatable bonds is 12. The summed E-state index contributed by atoms with van der Waals surface area (Å²) >= 11 is 4.24. The summed E-state index contributed by atoms with van der Waals surface area (Å²) in [7, 11) is 0. The van der Waals surface area contributed by atoms with Crippen LogP contribution in [0.5, 0.6) is 0 Å². The van der Waals surface area contributed by atoms with Gasteiger partial charge in [0.05, 0.1) is 13.2 Å². The maximum atomic E-state index is 11.7. The summed E-state index contributed by atoms with van der Waals surface area (Å²) in [6.45, 7) is 5.14. The van der Waals surface area contributed by atoms with Crippen LogP contribution in [0.3, 0.4) is 0 Å². The van der Waals surface area contributed by atoms with E-state index in [1.165, 1.54) is 0 Å². The third kappa shape index (κ3) is 11.6. The molecule has 0 aliphatic rings. The summed E-state index contributed by atoms with van der Waals surface area (Å²) < 4.78 is 10.1. The quantitative estimate of drug-likeness (QED) is 0.164. The first-order chi connectivity index (χ1) is 10.0. The van der Waals surface area contributed by atoms with E-state index >= 15 is 0 Å². The predicted molar refractivity (Wildman–Crippen MR) is 101 cm³/mol. The molecule has 0 N–H and O–H groups in total. The van der Waals surface area contributed by atoms with Crippen molar-refractivity contribution in [3.8, 4) is 0 Å². The fourth-order valence-electron chi connectivity index (χ4n) is 1.53. The Bertz CT molecular complexity index is 269. The van der Waals surface area contributed by atoms with Gasteiger partial charge in [-0.15, -0.1) is 0 Å². The number of ether oxygens (including phenoxy) is 2. The van der Waals surface area contributed by atoms with Gasteiger partial charge >= 0.3 is 11.9 Å². The Balaban J connectivity index is 3.75. The Kier molecular flexibility index (Phi) is 14.3. The molecule has 0 aromatic rings. The van der Waals surface area contributed by atoms with Crippen LogP contribution in [0.4, 0.5) is 0 Å². The van der Waals surface area contributed by atoms with Crippen molar-refractivity contribution < 1.29 is 19.1 Å². The highest BCUT2D eigenvalue weighted by Crippen LogP contribution is 2.18. The van der Waals surface area contributed by atoms with Crippen LogP contribution in [0, 0.1) is 0 Å². The highest BCUT2D eigenvalue weighted by atomic mass is 127. The smallest absolute Gasteiger partial charge is 0.318 e. The van der Waals surface area contributed by atoms with E-state index in [0.29, 0.717) is 13.2 Å². The van der Waals surface area contributed by atoms with Crippen LogP contribution >= 0.6 is 45.2 Å². The summed E-state index contributed by atoms with van der Waals surface area (Å²) in [5.74, 6) is -0.279. The average Bonchev–Trinajstić information content (AvgIpc) is 2.47. The van der Waals surface area contributed by atoms with Crippen molar-refractivity contribution >= 4 is 57.1 Å². The van der Waals surface area contributed by atoms with Crippen molar-refractivity contribution in [3.05, 3.63) is 0 Å². The van der Waals surface area contributed by atoms with Gasteiger partial charge in [0.15, 0.2) is 0 Å². The molecule has 2 unspecified atom stereocenters. The number of esters is 2. The van der Waals surface area contributed by atoms with Crippen LogP contribution in [0.2, 0.25) is 0 Å². The second kappa shape index (κ2) is 14.0. The molecule has 0 rings (SSSR count). The molecule has 0 amide bonds. The van der Waals surface area contributed by atoms with E-state index < -0.39 is 0 Å². The summed E-state index contributed by atoms with van der Waals surface area (Å²) in [6.07, 6.45) is 6.18. The van der Waals surface area contributed by atoms with E-state index in [1.54, 1.807) is 0 Å². The normalized spacial score (nSPS) is 13.5. The minimum absolute atomic E-state index is 0.126. The van der Waals surface area contributed by atoms with Gasteiger partial charge in [0.25, 0.3) is 0 Å². The van der Waals surface area contributed by atoms with Gasteiger partial charge in [-0.2, -0.15) is 0 Å². The predicted octanol–water partition coefficient (Wildman–Crippen LogP) is 4.45. The molecule has 0 heterocycles.